The normalized spacial score (nSPS) is 10.2. The summed E-state index contributed by atoms with van der Waals surface area (Å²) in [4.78, 5) is 22.4. The van der Waals surface area contributed by atoms with E-state index in [0.717, 1.165) is 0 Å². The van der Waals surface area contributed by atoms with Crippen molar-refractivity contribution in [2.24, 2.45) is 0 Å². The lowest BCUT2D eigenvalue weighted by atomic mass is 10.2. The molecule has 0 bridgehead atoms. The van der Waals surface area contributed by atoms with Crippen LogP contribution in [0.3, 0.4) is 0 Å². The van der Waals surface area contributed by atoms with Gasteiger partial charge >= 0.3 is 0 Å². The number of nitrogens with one attached hydrogen (secondary N) is 1. The van der Waals surface area contributed by atoms with E-state index in [1.54, 1.807) is 6.07 Å². The highest BCUT2D eigenvalue weighted by molar-refractivity contribution is 9.10. The lowest BCUT2D eigenvalue weighted by Gasteiger charge is -2.07. The maximum absolute atomic E-state index is 13.8. The van der Waals surface area contributed by atoms with Crippen molar-refractivity contribution in [3.8, 4) is 0 Å². The standard InChI is InChI=1S/C13H7Br2FN2O3/c14-7-4-5-10(11(6-7)18(20)21)17-13(19)8-2-1-3-9(15)12(8)16/h1-6H,(H,17,19). The van der Waals surface area contributed by atoms with Crippen LogP contribution in [-0.4, -0.2) is 10.8 Å². The van der Waals surface area contributed by atoms with Crippen molar-refractivity contribution in [1.82, 2.24) is 0 Å². The fourth-order valence-corrected chi connectivity index (χ4v) is 2.35. The van der Waals surface area contributed by atoms with E-state index in [2.05, 4.69) is 37.2 Å². The lowest BCUT2D eigenvalue weighted by Crippen LogP contribution is -2.15. The van der Waals surface area contributed by atoms with Gasteiger partial charge in [0.05, 0.1) is 15.0 Å². The zero-order valence-electron chi connectivity index (χ0n) is 10.3. The molecule has 0 saturated carbocycles. The molecule has 8 heteroatoms. The predicted molar refractivity (Wildman–Crippen MR) is 82.8 cm³/mol. The zero-order chi connectivity index (χ0) is 15.6. The van der Waals surface area contributed by atoms with Gasteiger partial charge in [-0.1, -0.05) is 22.0 Å². The van der Waals surface area contributed by atoms with Crippen molar-refractivity contribution in [3.05, 3.63) is 66.8 Å². The molecule has 1 N–H and O–H groups in total. The Morgan fingerprint density at radius 1 is 1.24 bits per heavy atom. The number of anilines is 1. The molecule has 0 spiro atoms. The molecule has 0 heterocycles. The third kappa shape index (κ3) is 3.45. The predicted octanol–water partition coefficient (Wildman–Crippen LogP) is 4.51. The van der Waals surface area contributed by atoms with E-state index < -0.39 is 16.6 Å². The summed E-state index contributed by atoms with van der Waals surface area (Å²) in [5.74, 6) is -1.49. The number of amides is 1. The number of carbonyl (C=O) groups is 1. The Bertz CT molecular complexity index is 737. The van der Waals surface area contributed by atoms with Crippen molar-refractivity contribution >= 4 is 49.1 Å². The van der Waals surface area contributed by atoms with Gasteiger partial charge in [-0.2, -0.15) is 0 Å². The molecule has 108 valence electrons. The first-order chi connectivity index (χ1) is 9.90. The molecular formula is C13H7Br2FN2O3. The fourth-order valence-electron chi connectivity index (χ4n) is 1.63. The summed E-state index contributed by atoms with van der Waals surface area (Å²) in [7, 11) is 0. The topological polar surface area (TPSA) is 72.2 Å². The number of nitro benzene ring substituents is 1. The first-order valence-corrected chi connectivity index (χ1v) is 7.18. The Labute approximate surface area is 135 Å². The Hall–Kier alpha value is -1.80. The van der Waals surface area contributed by atoms with Crippen molar-refractivity contribution in [2.45, 2.75) is 0 Å². The van der Waals surface area contributed by atoms with Gasteiger partial charge < -0.3 is 5.32 Å². The fraction of sp³-hybridized carbons (Fsp3) is 0. The summed E-state index contributed by atoms with van der Waals surface area (Å²) in [6.45, 7) is 0. The van der Waals surface area contributed by atoms with Crippen LogP contribution in [0.5, 0.6) is 0 Å². The molecule has 2 rings (SSSR count). The van der Waals surface area contributed by atoms with Gasteiger partial charge in [0.25, 0.3) is 11.6 Å². The molecule has 2 aromatic carbocycles. The van der Waals surface area contributed by atoms with Gasteiger partial charge in [-0.05, 0) is 40.2 Å². The minimum Gasteiger partial charge on any atom is -0.316 e. The van der Waals surface area contributed by atoms with Crippen molar-refractivity contribution in [2.75, 3.05) is 5.32 Å². The van der Waals surface area contributed by atoms with Gasteiger partial charge in [0.1, 0.15) is 11.5 Å². The highest BCUT2D eigenvalue weighted by Crippen LogP contribution is 2.29. The van der Waals surface area contributed by atoms with Gasteiger partial charge in [-0.3, -0.25) is 14.9 Å². The number of hydrogen-bond donors (Lipinski definition) is 1. The summed E-state index contributed by atoms with van der Waals surface area (Å²) < 4.78 is 14.5. The van der Waals surface area contributed by atoms with Gasteiger partial charge in [0, 0.05) is 10.5 Å². The van der Waals surface area contributed by atoms with Crippen LogP contribution >= 0.6 is 31.9 Å². The molecule has 0 aliphatic carbocycles. The van der Waals surface area contributed by atoms with Crippen LogP contribution in [0.2, 0.25) is 0 Å². The van der Waals surface area contributed by atoms with Crippen molar-refractivity contribution < 1.29 is 14.1 Å². The Balaban J connectivity index is 2.36. The maximum atomic E-state index is 13.8. The second-order valence-electron chi connectivity index (χ2n) is 3.97. The molecule has 0 atom stereocenters. The van der Waals surface area contributed by atoms with E-state index in [0.29, 0.717) is 4.47 Å². The number of halogens is 3. The van der Waals surface area contributed by atoms with E-state index in [-0.39, 0.29) is 21.4 Å². The van der Waals surface area contributed by atoms with E-state index in [4.69, 9.17) is 0 Å². The SMILES string of the molecule is O=C(Nc1ccc(Br)cc1[N+](=O)[O-])c1cccc(Br)c1F. The summed E-state index contributed by atoms with van der Waals surface area (Å²) in [6, 6.07) is 8.41. The highest BCUT2D eigenvalue weighted by Gasteiger charge is 2.19. The maximum Gasteiger partial charge on any atom is 0.293 e. The highest BCUT2D eigenvalue weighted by atomic mass is 79.9. The van der Waals surface area contributed by atoms with Crippen molar-refractivity contribution in [3.63, 3.8) is 0 Å². The second-order valence-corrected chi connectivity index (χ2v) is 5.74. The van der Waals surface area contributed by atoms with E-state index in [1.165, 1.54) is 30.3 Å². The van der Waals surface area contributed by atoms with E-state index in [9.17, 15) is 19.3 Å². The number of hydrogen-bond acceptors (Lipinski definition) is 3. The van der Waals surface area contributed by atoms with Crippen LogP contribution in [0.1, 0.15) is 10.4 Å². The van der Waals surface area contributed by atoms with Gasteiger partial charge in [-0.15, -0.1) is 0 Å². The molecule has 1 amide bonds. The molecule has 0 saturated heterocycles. The van der Waals surface area contributed by atoms with Gasteiger partial charge in [-0.25, -0.2) is 4.39 Å². The van der Waals surface area contributed by atoms with Gasteiger partial charge in [0.2, 0.25) is 0 Å². The van der Waals surface area contributed by atoms with Crippen LogP contribution < -0.4 is 5.32 Å². The largest absolute Gasteiger partial charge is 0.316 e. The molecule has 5 nitrogen and oxygen atoms in total. The molecule has 21 heavy (non-hydrogen) atoms. The second kappa shape index (κ2) is 6.31. The third-order valence-corrected chi connectivity index (χ3v) is 3.71. The summed E-state index contributed by atoms with van der Waals surface area (Å²) in [6.07, 6.45) is 0. The van der Waals surface area contributed by atoms with Crippen LogP contribution in [0.4, 0.5) is 15.8 Å². The van der Waals surface area contributed by atoms with Crippen LogP contribution in [-0.2, 0) is 0 Å². The molecule has 0 unspecified atom stereocenters. The minimum atomic E-state index is -0.765. The number of benzene rings is 2. The minimum absolute atomic E-state index is 0.00687. The molecular weight excluding hydrogens is 411 g/mol. The molecule has 2 aromatic rings. The summed E-state index contributed by atoms with van der Waals surface area (Å²) in [5, 5.41) is 13.3. The van der Waals surface area contributed by atoms with Crippen LogP contribution in [0.15, 0.2) is 45.3 Å². The number of carbonyl (C=O) groups excluding carboxylic acids is 1. The number of rotatable bonds is 3. The zero-order valence-corrected chi connectivity index (χ0v) is 13.4. The van der Waals surface area contributed by atoms with Crippen LogP contribution in [0.25, 0.3) is 0 Å². The first-order valence-electron chi connectivity index (χ1n) is 5.59. The Morgan fingerprint density at radius 3 is 2.62 bits per heavy atom. The Morgan fingerprint density at radius 2 is 1.95 bits per heavy atom. The molecule has 0 radical (unpaired) electrons. The molecule has 0 aromatic heterocycles. The van der Waals surface area contributed by atoms with E-state index in [1.807, 2.05) is 0 Å². The number of nitro groups is 1. The molecule has 0 fully saturated rings. The van der Waals surface area contributed by atoms with Crippen LogP contribution in [0, 0.1) is 15.9 Å². The third-order valence-electron chi connectivity index (χ3n) is 2.60. The molecule has 0 aliphatic rings. The summed E-state index contributed by atoms with van der Waals surface area (Å²) in [5.41, 5.74) is -0.498. The Kier molecular flexibility index (Phi) is 4.69. The average Bonchev–Trinajstić information content (AvgIpc) is 2.43. The molecule has 0 aliphatic heterocycles. The average molecular weight is 418 g/mol. The summed E-state index contributed by atoms with van der Waals surface area (Å²) >= 11 is 6.09. The first kappa shape index (κ1) is 15.6. The monoisotopic (exact) mass is 416 g/mol. The van der Waals surface area contributed by atoms with Crippen molar-refractivity contribution in [1.29, 1.82) is 0 Å². The number of nitrogens with zero attached hydrogens (tertiary/aromatic N) is 1. The van der Waals surface area contributed by atoms with Gasteiger partial charge in [0.15, 0.2) is 0 Å². The quantitative estimate of drug-likeness (QED) is 0.589. The van der Waals surface area contributed by atoms with E-state index >= 15 is 0 Å². The smallest absolute Gasteiger partial charge is 0.293 e. The lowest BCUT2D eigenvalue weighted by molar-refractivity contribution is -0.384.